The minimum Gasteiger partial charge on any atom is -0.493 e. The zero-order chi connectivity index (χ0) is 18.9. The molecule has 0 saturated heterocycles. The number of hydrogen-bond donors (Lipinski definition) is 1. The predicted molar refractivity (Wildman–Crippen MR) is 98.5 cm³/mol. The normalized spacial score (nSPS) is 11.3. The SMILES string of the molecule is CCc1ccc(NC(=O)[C@H](C)OC(=O)COc2ccccc2OC)cc1. The highest BCUT2D eigenvalue weighted by Gasteiger charge is 2.18. The van der Waals surface area contributed by atoms with Crippen LogP contribution in [0.3, 0.4) is 0 Å². The van der Waals surface area contributed by atoms with Crippen molar-refractivity contribution >= 4 is 17.6 Å². The number of hydrogen-bond acceptors (Lipinski definition) is 5. The Bertz CT molecular complexity index is 742. The number of methoxy groups -OCH3 is 1. The largest absolute Gasteiger partial charge is 0.493 e. The molecule has 0 unspecified atom stereocenters. The van der Waals surface area contributed by atoms with Crippen molar-refractivity contribution in [3.8, 4) is 11.5 Å². The molecule has 0 aliphatic carbocycles. The minimum atomic E-state index is -0.936. The number of para-hydroxylation sites is 2. The summed E-state index contributed by atoms with van der Waals surface area (Å²) in [7, 11) is 1.51. The number of anilines is 1. The lowest BCUT2D eigenvalue weighted by atomic mass is 10.1. The van der Waals surface area contributed by atoms with E-state index in [2.05, 4.69) is 12.2 Å². The molecule has 1 N–H and O–H groups in total. The second kappa shape index (κ2) is 9.46. The highest BCUT2D eigenvalue weighted by molar-refractivity contribution is 5.95. The molecule has 2 aromatic carbocycles. The zero-order valence-electron chi connectivity index (χ0n) is 15.2. The van der Waals surface area contributed by atoms with Gasteiger partial charge in [-0.05, 0) is 43.2 Å². The van der Waals surface area contributed by atoms with Crippen LogP contribution in [0.4, 0.5) is 5.69 Å². The van der Waals surface area contributed by atoms with E-state index < -0.39 is 18.0 Å². The van der Waals surface area contributed by atoms with Gasteiger partial charge < -0.3 is 19.5 Å². The molecule has 0 aromatic heterocycles. The number of rotatable bonds is 8. The van der Waals surface area contributed by atoms with Gasteiger partial charge in [0.05, 0.1) is 7.11 Å². The van der Waals surface area contributed by atoms with Crippen LogP contribution in [0.2, 0.25) is 0 Å². The van der Waals surface area contributed by atoms with E-state index in [1.807, 2.05) is 24.3 Å². The lowest BCUT2D eigenvalue weighted by Crippen LogP contribution is -2.31. The van der Waals surface area contributed by atoms with E-state index in [0.29, 0.717) is 17.2 Å². The lowest BCUT2D eigenvalue weighted by Gasteiger charge is -2.14. The van der Waals surface area contributed by atoms with E-state index in [9.17, 15) is 9.59 Å². The summed E-state index contributed by atoms with van der Waals surface area (Å²) in [6, 6.07) is 14.5. The van der Waals surface area contributed by atoms with Crippen molar-refractivity contribution in [2.24, 2.45) is 0 Å². The van der Waals surface area contributed by atoms with Gasteiger partial charge in [0, 0.05) is 5.69 Å². The zero-order valence-corrected chi connectivity index (χ0v) is 15.2. The first-order valence-electron chi connectivity index (χ1n) is 8.38. The number of ether oxygens (including phenoxy) is 3. The first-order valence-corrected chi connectivity index (χ1v) is 8.38. The van der Waals surface area contributed by atoms with Crippen LogP contribution in [0.1, 0.15) is 19.4 Å². The molecule has 0 saturated carbocycles. The Labute approximate surface area is 153 Å². The van der Waals surface area contributed by atoms with Gasteiger partial charge in [0.15, 0.2) is 24.2 Å². The molecule has 1 atom stereocenters. The van der Waals surface area contributed by atoms with Gasteiger partial charge >= 0.3 is 5.97 Å². The van der Waals surface area contributed by atoms with Gasteiger partial charge in [-0.3, -0.25) is 4.79 Å². The van der Waals surface area contributed by atoms with Crippen LogP contribution in [0.25, 0.3) is 0 Å². The second-order valence-electron chi connectivity index (χ2n) is 5.61. The van der Waals surface area contributed by atoms with E-state index in [4.69, 9.17) is 14.2 Å². The summed E-state index contributed by atoms with van der Waals surface area (Å²) >= 11 is 0. The number of carbonyl (C=O) groups excluding carboxylic acids is 2. The monoisotopic (exact) mass is 357 g/mol. The third-order valence-corrected chi connectivity index (χ3v) is 3.72. The number of benzene rings is 2. The van der Waals surface area contributed by atoms with Crippen LogP contribution in [-0.4, -0.2) is 31.7 Å². The van der Waals surface area contributed by atoms with Crippen molar-refractivity contribution in [2.45, 2.75) is 26.4 Å². The molecule has 0 spiro atoms. The van der Waals surface area contributed by atoms with Crippen molar-refractivity contribution in [1.82, 2.24) is 0 Å². The van der Waals surface area contributed by atoms with Crippen LogP contribution in [0.15, 0.2) is 48.5 Å². The van der Waals surface area contributed by atoms with Crippen LogP contribution in [0.5, 0.6) is 11.5 Å². The van der Waals surface area contributed by atoms with Crippen LogP contribution in [-0.2, 0) is 20.7 Å². The Morgan fingerprint density at radius 1 is 1.04 bits per heavy atom. The van der Waals surface area contributed by atoms with Crippen molar-refractivity contribution in [3.05, 3.63) is 54.1 Å². The molecular weight excluding hydrogens is 334 g/mol. The number of carbonyl (C=O) groups is 2. The number of esters is 1. The molecule has 0 bridgehead atoms. The number of aryl methyl sites for hydroxylation is 1. The van der Waals surface area contributed by atoms with Gasteiger partial charge in [-0.1, -0.05) is 31.2 Å². The van der Waals surface area contributed by atoms with E-state index in [-0.39, 0.29) is 6.61 Å². The molecule has 6 nitrogen and oxygen atoms in total. The number of nitrogens with one attached hydrogen (secondary N) is 1. The molecule has 138 valence electrons. The van der Waals surface area contributed by atoms with Gasteiger partial charge in [-0.25, -0.2) is 4.79 Å². The van der Waals surface area contributed by atoms with Crippen molar-refractivity contribution in [1.29, 1.82) is 0 Å². The van der Waals surface area contributed by atoms with Crippen LogP contribution in [0, 0.1) is 0 Å². The Morgan fingerprint density at radius 3 is 2.31 bits per heavy atom. The summed E-state index contributed by atoms with van der Waals surface area (Å²) in [5.41, 5.74) is 1.83. The summed E-state index contributed by atoms with van der Waals surface area (Å²) in [6.07, 6.45) is -0.0105. The summed E-state index contributed by atoms with van der Waals surface area (Å²) < 4.78 is 15.6. The molecular formula is C20H23NO5. The molecule has 0 radical (unpaired) electrons. The average molecular weight is 357 g/mol. The first kappa shape index (κ1) is 19.3. The quantitative estimate of drug-likeness (QED) is 0.735. The summed E-state index contributed by atoms with van der Waals surface area (Å²) in [6.45, 7) is 3.25. The molecule has 0 fully saturated rings. The van der Waals surface area contributed by atoms with Gasteiger partial charge in [-0.15, -0.1) is 0 Å². The van der Waals surface area contributed by atoms with Gasteiger partial charge in [0.2, 0.25) is 0 Å². The maximum absolute atomic E-state index is 12.1. The maximum Gasteiger partial charge on any atom is 0.344 e. The lowest BCUT2D eigenvalue weighted by molar-refractivity contribution is -0.155. The van der Waals surface area contributed by atoms with Crippen molar-refractivity contribution in [3.63, 3.8) is 0 Å². The van der Waals surface area contributed by atoms with Crippen molar-refractivity contribution < 1.29 is 23.8 Å². The van der Waals surface area contributed by atoms with Crippen LogP contribution < -0.4 is 14.8 Å². The Balaban J connectivity index is 1.82. The van der Waals surface area contributed by atoms with E-state index in [1.165, 1.54) is 19.6 Å². The fourth-order valence-electron chi connectivity index (χ4n) is 2.23. The Hall–Kier alpha value is -3.02. The summed E-state index contributed by atoms with van der Waals surface area (Å²) in [4.78, 5) is 24.0. The third kappa shape index (κ3) is 5.51. The fraction of sp³-hybridized carbons (Fsp3) is 0.300. The average Bonchev–Trinajstić information content (AvgIpc) is 2.67. The van der Waals surface area contributed by atoms with Crippen LogP contribution >= 0.6 is 0 Å². The van der Waals surface area contributed by atoms with E-state index in [0.717, 1.165) is 6.42 Å². The molecule has 2 rings (SSSR count). The molecule has 1 amide bonds. The van der Waals surface area contributed by atoms with Gasteiger partial charge in [0.1, 0.15) is 0 Å². The topological polar surface area (TPSA) is 73.9 Å². The minimum absolute atomic E-state index is 0.316. The Morgan fingerprint density at radius 2 is 1.69 bits per heavy atom. The maximum atomic E-state index is 12.1. The third-order valence-electron chi connectivity index (χ3n) is 3.72. The predicted octanol–water partition coefficient (Wildman–Crippen LogP) is 3.21. The Kier molecular flexibility index (Phi) is 7.02. The van der Waals surface area contributed by atoms with Crippen molar-refractivity contribution in [2.75, 3.05) is 19.0 Å². The molecule has 0 aliphatic rings. The fourth-order valence-corrected chi connectivity index (χ4v) is 2.23. The molecule has 0 heterocycles. The molecule has 26 heavy (non-hydrogen) atoms. The van der Waals surface area contributed by atoms with Gasteiger partial charge in [0.25, 0.3) is 5.91 Å². The standard InChI is InChI=1S/C20H23NO5/c1-4-15-9-11-16(12-10-15)21-20(23)14(2)26-19(22)13-25-18-8-6-5-7-17(18)24-3/h5-12,14H,4,13H2,1-3H3,(H,21,23)/t14-/m0/s1. The highest BCUT2D eigenvalue weighted by atomic mass is 16.6. The highest BCUT2D eigenvalue weighted by Crippen LogP contribution is 2.25. The van der Waals surface area contributed by atoms with Gasteiger partial charge in [-0.2, -0.15) is 0 Å². The first-order chi connectivity index (χ1) is 12.5. The molecule has 2 aromatic rings. The smallest absolute Gasteiger partial charge is 0.344 e. The summed E-state index contributed by atoms with van der Waals surface area (Å²) in [5.74, 6) is -0.0959. The molecule has 0 aliphatic heterocycles. The van der Waals surface area contributed by atoms with E-state index >= 15 is 0 Å². The number of amides is 1. The van der Waals surface area contributed by atoms with E-state index in [1.54, 1.807) is 24.3 Å². The second-order valence-corrected chi connectivity index (χ2v) is 5.61. The molecule has 6 heteroatoms. The summed E-state index contributed by atoms with van der Waals surface area (Å²) in [5, 5.41) is 2.71.